The first-order valence-corrected chi connectivity index (χ1v) is 6.65. The van der Waals surface area contributed by atoms with Crippen molar-refractivity contribution in [3.05, 3.63) is 65.7 Å². The van der Waals surface area contributed by atoms with Gasteiger partial charge >= 0.3 is 0 Å². The number of hydrogen-bond donors (Lipinski definition) is 2. The first-order chi connectivity index (χ1) is 10.1. The largest absolute Gasteiger partial charge is 0.491 e. The number of ether oxygens (including phenoxy) is 1. The van der Waals surface area contributed by atoms with Crippen LogP contribution < -0.4 is 10.1 Å². The summed E-state index contributed by atoms with van der Waals surface area (Å²) in [4.78, 5) is 0. The summed E-state index contributed by atoms with van der Waals surface area (Å²) in [5, 5.41) is 12.7. The molecule has 0 heterocycles. The molecule has 2 rings (SSSR count). The monoisotopic (exact) mass is 293 g/mol. The summed E-state index contributed by atoms with van der Waals surface area (Å²) in [5.41, 5.74) is 0.490. The van der Waals surface area contributed by atoms with Crippen molar-refractivity contribution >= 4 is 0 Å². The van der Waals surface area contributed by atoms with Crippen molar-refractivity contribution in [3.63, 3.8) is 0 Å². The topological polar surface area (TPSA) is 41.5 Å². The van der Waals surface area contributed by atoms with Crippen LogP contribution in [0.2, 0.25) is 0 Å². The SMILES string of the molecule is O[C@@H](CNCc1cc(F)cc(F)c1)COc1ccccc1. The van der Waals surface area contributed by atoms with Crippen molar-refractivity contribution in [1.29, 1.82) is 0 Å². The predicted molar refractivity (Wildman–Crippen MR) is 76.0 cm³/mol. The Balaban J connectivity index is 1.70. The highest BCUT2D eigenvalue weighted by molar-refractivity contribution is 5.21. The van der Waals surface area contributed by atoms with E-state index >= 15 is 0 Å². The number of para-hydroxylation sites is 1. The van der Waals surface area contributed by atoms with Crippen molar-refractivity contribution in [2.45, 2.75) is 12.6 Å². The molecule has 0 saturated carbocycles. The van der Waals surface area contributed by atoms with Gasteiger partial charge in [0.25, 0.3) is 0 Å². The molecule has 0 radical (unpaired) electrons. The Morgan fingerprint density at radius 3 is 2.38 bits per heavy atom. The fraction of sp³-hybridized carbons (Fsp3) is 0.250. The predicted octanol–water partition coefficient (Wildman–Crippen LogP) is 2.49. The molecule has 0 bridgehead atoms. The van der Waals surface area contributed by atoms with E-state index in [0.29, 0.717) is 11.3 Å². The highest BCUT2D eigenvalue weighted by Crippen LogP contribution is 2.09. The van der Waals surface area contributed by atoms with E-state index < -0.39 is 17.7 Å². The van der Waals surface area contributed by atoms with E-state index in [0.717, 1.165) is 6.07 Å². The van der Waals surface area contributed by atoms with Gasteiger partial charge in [0.2, 0.25) is 0 Å². The summed E-state index contributed by atoms with van der Waals surface area (Å²) in [6, 6.07) is 12.5. The molecule has 0 unspecified atom stereocenters. The molecular weight excluding hydrogens is 276 g/mol. The average Bonchev–Trinajstić information content (AvgIpc) is 2.45. The minimum absolute atomic E-state index is 0.147. The van der Waals surface area contributed by atoms with Gasteiger partial charge in [-0.2, -0.15) is 0 Å². The highest BCUT2D eigenvalue weighted by atomic mass is 19.1. The first-order valence-electron chi connectivity index (χ1n) is 6.65. The first kappa shape index (κ1) is 15.4. The third-order valence-corrected chi connectivity index (χ3v) is 2.82. The molecule has 0 amide bonds. The van der Waals surface area contributed by atoms with Crippen molar-refractivity contribution in [3.8, 4) is 5.75 Å². The van der Waals surface area contributed by atoms with Crippen LogP contribution in [0, 0.1) is 11.6 Å². The van der Waals surface area contributed by atoms with Gasteiger partial charge in [0.1, 0.15) is 30.1 Å². The Bertz CT molecular complexity index is 543. The second-order valence-electron chi connectivity index (χ2n) is 4.69. The maximum atomic E-state index is 13.0. The van der Waals surface area contributed by atoms with Gasteiger partial charge in [0, 0.05) is 19.2 Å². The Hall–Kier alpha value is -1.98. The fourth-order valence-corrected chi connectivity index (χ4v) is 1.86. The van der Waals surface area contributed by atoms with Gasteiger partial charge in [0.05, 0.1) is 0 Å². The normalized spacial score (nSPS) is 12.1. The van der Waals surface area contributed by atoms with Crippen LogP contribution in [0.4, 0.5) is 8.78 Å². The van der Waals surface area contributed by atoms with Gasteiger partial charge in [-0.15, -0.1) is 0 Å². The van der Waals surface area contributed by atoms with Gasteiger partial charge in [-0.1, -0.05) is 18.2 Å². The zero-order valence-corrected chi connectivity index (χ0v) is 11.4. The molecular formula is C16H17F2NO2. The summed E-state index contributed by atoms with van der Waals surface area (Å²) < 4.78 is 31.4. The fourth-order valence-electron chi connectivity index (χ4n) is 1.86. The molecule has 0 spiro atoms. The molecule has 0 aliphatic rings. The van der Waals surface area contributed by atoms with Crippen molar-refractivity contribution in [1.82, 2.24) is 5.32 Å². The van der Waals surface area contributed by atoms with Gasteiger partial charge < -0.3 is 15.2 Å². The molecule has 0 aromatic heterocycles. The molecule has 0 saturated heterocycles. The number of halogens is 2. The van der Waals surface area contributed by atoms with E-state index in [1.807, 2.05) is 18.2 Å². The number of aliphatic hydroxyl groups is 1. The lowest BCUT2D eigenvalue weighted by Gasteiger charge is -2.13. The summed E-state index contributed by atoms with van der Waals surface area (Å²) in [6.45, 7) is 0.691. The summed E-state index contributed by atoms with van der Waals surface area (Å²) >= 11 is 0. The number of hydrogen-bond acceptors (Lipinski definition) is 3. The molecule has 5 heteroatoms. The van der Waals surface area contributed by atoms with Crippen LogP contribution in [0.5, 0.6) is 5.75 Å². The van der Waals surface area contributed by atoms with Crippen LogP contribution in [0.15, 0.2) is 48.5 Å². The van der Waals surface area contributed by atoms with Crippen molar-refractivity contribution < 1.29 is 18.6 Å². The molecule has 112 valence electrons. The maximum Gasteiger partial charge on any atom is 0.126 e. The standard InChI is InChI=1S/C16H17F2NO2/c17-13-6-12(7-14(18)8-13)9-19-10-15(20)11-21-16-4-2-1-3-5-16/h1-8,15,19-20H,9-11H2/t15-/m0/s1. The molecule has 21 heavy (non-hydrogen) atoms. The minimum atomic E-state index is -0.705. The zero-order chi connectivity index (χ0) is 15.1. The summed E-state index contributed by atoms with van der Waals surface area (Å²) in [5.74, 6) is -0.539. The molecule has 0 aliphatic heterocycles. The quantitative estimate of drug-likeness (QED) is 0.824. The van der Waals surface area contributed by atoms with E-state index in [4.69, 9.17) is 4.74 Å². The maximum absolute atomic E-state index is 13.0. The van der Waals surface area contributed by atoms with Crippen LogP contribution in [0.3, 0.4) is 0 Å². The lowest BCUT2D eigenvalue weighted by atomic mass is 10.2. The van der Waals surface area contributed by atoms with E-state index in [9.17, 15) is 13.9 Å². The molecule has 2 N–H and O–H groups in total. The van der Waals surface area contributed by atoms with Gasteiger partial charge in [-0.05, 0) is 29.8 Å². The van der Waals surface area contributed by atoms with Crippen LogP contribution in [0.1, 0.15) is 5.56 Å². The van der Waals surface area contributed by atoms with Gasteiger partial charge in [-0.25, -0.2) is 8.78 Å². The molecule has 2 aromatic carbocycles. The lowest BCUT2D eigenvalue weighted by Crippen LogP contribution is -2.31. The van der Waals surface area contributed by atoms with Gasteiger partial charge in [-0.3, -0.25) is 0 Å². The van der Waals surface area contributed by atoms with Crippen molar-refractivity contribution in [2.75, 3.05) is 13.2 Å². The van der Waals surface area contributed by atoms with E-state index in [-0.39, 0.29) is 19.7 Å². The van der Waals surface area contributed by atoms with E-state index in [1.165, 1.54) is 12.1 Å². The summed E-state index contributed by atoms with van der Waals surface area (Å²) in [7, 11) is 0. The Labute approximate surface area is 122 Å². The molecule has 2 aromatic rings. The highest BCUT2D eigenvalue weighted by Gasteiger charge is 2.06. The summed E-state index contributed by atoms with van der Waals surface area (Å²) in [6.07, 6.45) is -0.705. The smallest absolute Gasteiger partial charge is 0.126 e. The average molecular weight is 293 g/mol. The van der Waals surface area contributed by atoms with E-state index in [2.05, 4.69) is 5.32 Å². The molecule has 1 atom stereocenters. The third kappa shape index (κ3) is 5.49. The Morgan fingerprint density at radius 1 is 1.05 bits per heavy atom. The molecule has 0 aliphatic carbocycles. The number of aliphatic hydroxyl groups excluding tert-OH is 1. The number of nitrogens with one attached hydrogen (secondary N) is 1. The van der Waals surface area contributed by atoms with Crippen LogP contribution in [-0.4, -0.2) is 24.4 Å². The zero-order valence-electron chi connectivity index (χ0n) is 11.4. The third-order valence-electron chi connectivity index (χ3n) is 2.82. The Morgan fingerprint density at radius 2 is 1.71 bits per heavy atom. The molecule has 0 fully saturated rings. The van der Waals surface area contributed by atoms with E-state index in [1.54, 1.807) is 12.1 Å². The van der Waals surface area contributed by atoms with Gasteiger partial charge in [0.15, 0.2) is 0 Å². The molecule has 3 nitrogen and oxygen atoms in total. The number of rotatable bonds is 7. The second-order valence-corrected chi connectivity index (χ2v) is 4.69. The van der Waals surface area contributed by atoms with Crippen LogP contribution in [-0.2, 0) is 6.54 Å². The second kappa shape index (κ2) is 7.71. The van der Waals surface area contributed by atoms with Crippen molar-refractivity contribution in [2.24, 2.45) is 0 Å². The Kier molecular flexibility index (Phi) is 5.66. The minimum Gasteiger partial charge on any atom is -0.491 e. The lowest BCUT2D eigenvalue weighted by molar-refractivity contribution is 0.106. The van der Waals surface area contributed by atoms with Crippen LogP contribution in [0.25, 0.3) is 0 Å². The van der Waals surface area contributed by atoms with Crippen LogP contribution >= 0.6 is 0 Å². The number of benzene rings is 2.